The minimum absolute atomic E-state index is 0.570. The second-order valence-electron chi connectivity index (χ2n) is 6.99. The lowest BCUT2D eigenvalue weighted by molar-refractivity contribution is 0.249. The lowest BCUT2D eigenvalue weighted by Gasteiger charge is -2.36. The highest BCUT2D eigenvalue weighted by Gasteiger charge is 2.18. The molecule has 1 fully saturated rings. The van der Waals surface area contributed by atoms with Crippen LogP contribution < -0.4 is 14.4 Å². The van der Waals surface area contributed by atoms with Gasteiger partial charge in [0.1, 0.15) is 11.5 Å². The van der Waals surface area contributed by atoms with Crippen molar-refractivity contribution in [2.75, 3.05) is 51.8 Å². The lowest BCUT2D eigenvalue weighted by atomic mass is 9.97. The highest BCUT2D eigenvalue weighted by atomic mass is 16.5. The average Bonchev–Trinajstić information content (AvgIpc) is 2.72. The van der Waals surface area contributed by atoms with Gasteiger partial charge < -0.3 is 14.4 Å². The van der Waals surface area contributed by atoms with Crippen molar-refractivity contribution < 1.29 is 9.47 Å². The van der Waals surface area contributed by atoms with Gasteiger partial charge in [-0.05, 0) is 60.8 Å². The van der Waals surface area contributed by atoms with E-state index >= 15 is 0 Å². The van der Waals surface area contributed by atoms with E-state index in [0.717, 1.165) is 44.2 Å². The second-order valence-corrected chi connectivity index (χ2v) is 6.99. The van der Waals surface area contributed by atoms with Gasteiger partial charge >= 0.3 is 0 Å². The molecule has 140 valence electrons. The number of anilines is 1. The fourth-order valence-corrected chi connectivity index (χ4v) is 3.50. The number of hydrogen-bond acceptors (Lipinski definition) is 4. The summed E-state index contributed by atoms with van der Waals surface area (Å²) in [5.41, 5.74) is 2.68. The summed E-state index contributed by atoms with van der Waals surface area (Å²) in [7, 11) is 3.42. The Morgan fingerprint density at radius 3 is 1.88 bits per heavy atom. The molecule has 0 N–H and O–H groups in total. The number of benzene rings is 2. The summed E-state index contributed by atoms with van der Waals surface area (Å²) in [4.78, 5) is 5.04. The second kappa shape index (κ2) is 8.95. The minimum atomic E-state index is 0.570. The molecular formula is C22H30N2O2. The Labute approximate surface area is 157 Å². The molecule has 0 aliphatic carbocycles. The molecule has 1 unspecified atom stereocenters. The van der Waals surface area contributed by atoms with E-state index < -0.39 is 0 Å². The smallest absolute Gasteiger partial charge is 0.119 e. The van der Waals surface area contributed by atoms with Gasteiger partial charge in [-0.15, -0.1) is 0 Å². The maximum absolute atomic E-state index is 5.24. The number of ether oxygens (including phenoxy) is 2. The molecule has 0 amide bonds. The SMILES string of the molecule is COc1ccc(C(C)CCN2CCN(c3ccc(OC)cc3)CC2)cc1. The highest BCUT2D eigenvalue weighted by Crippen LogP contribution is 2.23. The Balaban J connectivity index is 1.44. The fourth-order valence-electron chi connectivity index (χ4n) is 3.50. The van der Waals surface area contributed by atoms with E-state index in [2.05, 4.69) is 53.1 Å². The summed E-state index contributed by atoms with van der Waals surface area (Å²) in [6.45, 7) is 7.90. The molecule has 0 spiro atoms. The maximum Gasteiger partial charge on any atom is 0.119 e. The predicted molar refractivity (Wildman–Crippen MR) is 108 cm³/mol. The summed E-state index contributed by atoms with van der Waals surface area (Å²) in [6, 6.07) is 16.9. The molecule has 2 aromatic rings. The molecule has 4 heteroatoms. The van der Waals surface area contributed by atoms with Crippen LogP contribution in [-0.4, -0.2) is 51.8 Å². The summed E-state index contributed by atoms with van der Waals surface area (Å²) < 4.78 is 10.5. The van der Waals surface area contributed by atoms with Crippen molar-refractivity contribution in [1.29, 1.82) is 0 Å². The molecule has 0 bridgehead atoms. The van der Waals surface area contributed by atoms with E-state index in [1.165, 1.54) is 17.7 Å². The first-order valence-electron chi connectivity index (χ1n) is 9.45. The molecular weight excluding hydrogens is 324 g/mol. The predicted octanol–water partition coefficient (Wildman–Crippen LogP) is 4.02. The van der Waals surface area contributed by atoms with Gasteiger partial charge in [0.05, 0.1) is 14.2 Å². The van der Waals surface area contributed by atoms with Gasteiger partial charge in [-0.25, -0.2) is 0 Å². The summed E-state index contributed by atoms with van der Waals surface area (Å²) in [5, 5.41) is 0. The van der Waals surface area contributed by atoms with Gasteiger partial charge in [0.25, 0.3) is 0 Å². The van der Waals surface area contributed by atoms with Crippen LogP contribution in [0.3, 0.4) is 0 Å². The first-order valence-corrected chi connectivity index (χ1v) is 9.45. The van der Waals surface area contributed by atoms with Crippen LogP contribution in [0.25, 0.3) is 0 Å². The Morgan fingerprint density at radius 1 is 0.808 bits per heavy atom. The van der Waals surface area contributed by atoms with E-state index in [-0.39, 0.29) is 0 Å². The zero-order valence-corrected chi connectivity index (χ0v) is 16.1. The lowest BCUT2D eigenvalue weighted by Crippen LogP contribution is -2.46. The molecule has 0 radical (unpaired) electrons. The highest BCUT2D eigenvalue weighted by molar-refractivity contribution is 5.49. The van der Waals surface area contributed by atoms with Gasteiger partial charge in [0.15, 0.2) is 0 Å². The van der Waals surface area contributed by atoms with Crippen molar-refractivity contribution >= 4 is 5.69 Å². The topological polar surface area (TPSA) is 24.9 Å². The number of methoxy groups -OCH3 is 2. The first kappa shape index (κ1) is 18.6. The van der Waals surface area contributed by atoms with Crippen LogP contribution in [0.4, 0.5) is 5.69 Å². The van der Waals surface area contributed by atoms with Gasteiger partial charge in [-0.3, -0.25) is 4.90 Å². The fraction of sp³-hybridized carbons (Fsp3) is 0.455. The maximum atomic E-state index is 5.24. The summed E-state index contributed by atoms with van der Waals surface area (Å²) >= 11 is 0. The minimum Gasteiger partial charge on any atom is -0.497 e. The van der Waals surface area contributed by atoms with E-state index in [4.69, 9.17) is 9.47 Å². The monoisotopic (exact) mass is 354 g/mol. The zero-order chi connectivity index (χ0) is 18.4. The Morgan fingerprint density at radius 2 is 1.35 bits per heavy atom. The van der Waals surface area contributed by atoms with Gasteiger partial charge in [-0.1, -0.05) is 19.1 Å². The van der Waals surface area contributed by atoms with Crippen molar-refractivity contribution in [2.45, 2.75) is 19.3 Å². The molecule has 1 aliphatic heterocycles. The molecule has 1 heterocycles. The molecule has 4 nitrogen and oxygen atoms in total. The van der Waals surface area contributed by atoms with Crippen LogP contribution in [0.5, 0.6) is 11.5 Å². The van der Waals surface area contributed by atoms with E-state index in [9.17, 15) is 0 Å². The van der Waals surface area contributed by atoms with Gasteiger partial charge in [0, 0.05) is 31.9 Å². The van der Waals surface area contributed by atoms with Crippen molar-refractivity contribution in [3.05, 3.63) is 54.1 Å². The van der Waals surface area contributed by atoms with Crippen molar-refractivity contribution in [1.82, 2.24) is 4.90 Å². The summed E-state index contributed by atoms with van der Waals surface area (Å²) in [5.74, 6) is 2.41. The van der Waals surface area contributed by atoms with E-state index in [1.807, 2.05) is 12.1 Å². The molecule has 3 rings (SSSR count). The third-order valence-electron chi connectivity index (χ3n) is 5.37. The van der Waals surface area contributed by atoms with Crippen LogP contribution in [-0.2, 0) is 0 Å². The Hall–Kier alpha value is -2.20. The quantitative estimate of drug-likeness (QED) is 0.750. The van der Waals surface area contributed by atoms with E-state index in [0.29, 0.717) is 5.92 Å². The third kappa shape index (κ3) is 4.70. The molecule has 1 aliphatic rings. The Kier molecular flexibility index (Phi) is 6.40. The standard InChI is InChI=1S/C22H30N2O2/c1-18(19-4-8-21(25-2)9-5-19)12-13-23-14-16-24(17-15-23)20-6-10-22(26-3)11-7-20/h4-11,18H,12-17H2,1-3H3. The molecule has 2 aromatic carbocycles. The molecule has 0 aromatic heterocycles. The van der Waals surface area contributed by atoms with Crippen LogP contribution in [0, 0.1) is 0 Å². The van der Waals surface area contributed by atoms with Crippen LogP contribution in [0.2, 0.25) is 0 Å². The van der Waals surface area contributed by atoms with Crippen molar-refractivity contribution in [2.24, 2.45) is 0 Å². The molecule has 0 saturated carbocycles. The average molecular weight is 354 g/mol. The number of hydrogen-bond donors (Lipinski definition) is 0. The normalized spacial score (nSPS) is 16.3. The number of nitrogens with zero attached hydrogens (tertiary/aromatic N) is 2. The Bertz CT molecular complexity index is 662. The van der Waals surface area contributed by atoms with Crippen molar-refractivity contribution in [3.8, 4) is 11.5 Å². The van der Waals surface area contributed by atoms with Crippen LogP contribution in [0.15, 0.2) is 48.5 Å². The van der Waals surface area contributed by atoms with Crippen LogP contribution in [0.1, 0.15) is 24.8 Å². The van der Waals surface area contributed by atoms with E-state index in [1.54, 1.807) is 14.2 Å². The summed E-state index contributed by atoms with van der Waals surface area (Å²) in [6.07, 6.45) is 1.19. The molecule has 1 atom stereocenters. The van der Waals surface area contributed by atoms with Gasteiger partial charge in [0.2, 0.25) is 0 Å². The van der Waals surface area contributed by atoms with Gasteiger partial charge in [-0.2, -0.15) is 0 Å². The molecule has 26 heavy (non-hydrogen) atoms. The number of piperazine rings is 1. The van der Waals surface area contributed by atoms with Crippen molar-refractivity contribution in [3.63, 3.8) is 0 Å². The molecule has 1 saturated heterocycles. The number of rotatable bonds is 7. The zero-order valence-electron chi connectivity index (χ0n) is 16.1. The first-order chi connectivity index (χ1) is 12.7. The van der Waals surface area contributed by atoms with Crippen LogP contribution >= 0.6 is 0 Å². The largest absolute Gasteiger partial charge is 0.497 e. The third-order valence-corrected chi connectivity index (χ3v) is 5.37.